The molecule has 1 aromatic carbocycles. The molecular weight excluding hydrogens is 236 g/mol. The number of aromatic nitrogens is 2. The molecule has 0 radical (unpaired) electrons. The maximum atomic E-state index is 5.62. The summed E-state index contributed by atoms with van der Waals surface area (Å²) in [6, 6.07) is 7.93. The molecule has 0 fully saturated rings. The van der Waals surface area contributed by atoms with E-state index in [1.807, 2.05) is 36.7 Å². The van der Waals surface area contributed by atoms with E-state index in [0.717, 1.165) is 16.8 Å². The van der Waals surface area contributed by atoms with Crippen molar-refractivity contribution in [1.29, 1.82) is 0 Å². The van der Waals surface area contributed by atoms with Gasteiger partial charge in [0.15, 0.2) is 0 Å². The van der Waals surface area contributed by atoms with Crippen LogP contribution in [0.1, 0.15) is 31.9 Å². The maximum Gasteiger partial charge on any atom is 0.227 e. The van der Waals surface area contributed by atoms with E-state index >= 15 is 0 Å². The molecule has 4 heteroatoms. The largest absolute Gasteiger partial charge is 0.326 e. The van der Waals surface area contributed by atoms with Gasteiger partial charge < -0.3 is 11.1 Å². The van der Waals surface area contributed by atoms with Crippen LogP contribution in [0.25, 0.3) is 0 Å². The lowest BCUT2D eigenvalue weighted by Crippen LogP contribution is -2.12. The fourth-order valence-corrected chi connectivity index (χ4v) is 1.69. The molecule has 0 unspecified atom stereocenters. The van der Waals surface area contributed by atoms with Gasteiger partial charge in [0.25, 0.3) is 0 Å². The topological polar surface area (TPSA) is 63.8 Å². The van der Waals surface area contributed by atoms with Gasteiger partial charge in [0.2, 0.25) is 5.95 Å². The van der Waals surface area contributed by atoms with E-state index in [-0.39, 0.29) is 5.41 Å². The molecule has 0 aliphatic carbocycles. The Morgan fingerprint density at radius 1 is 1.16 bits per heavy atom. The third kappa shape index (κ3) is 3.51. The van der Waals surface area contributed by atoms with E-state index < -0.39 is 0 Å². The van der Waals surface area contributed by atoms with E-state index in [9.17, 15) is 0 Å². The second kappa shape index (κ2) is 5.36. The number of nitrogens with one attached hydrogen (secondary N) is 1. The van der Waals surface area contributed by atoms with Crippen LogP contribution in [0.4, 0.5) is 11.6 Å². The molecule has 19 heavy (non-hydrogen) atoms. The molecule has 0 bridgehead atoms. The summed E-state index contributed by atoms with van der Waals surface area (Å²) in [6.07, 6.45) is 3.73. The first-order chi connectivity index (χ1) is 8.99. The highest BCUT2D eigenvalue weighted by atomic mass is 15.1. The predicted molar refractivity (Wildman–Crippen MR) is 78.3 cm³/mol. The minimum atomic E-state index is 0.0675. The number of anilines is 2. The maximum absolute atomic E-state index is 5.62. The quantitative estimate of drug-likeness (QED) is 0.886. The zero-order valence-electron chi connectivity index (χ0n) is 11.6. The molecule has 3 N–H and O–H groups in total. The van der Waals surface area contributed by atoms with Crippen LogP contribution in [0.5, 0.6) is 0 Å². The van der Waals surface area contributed by atoms with Gasteiger partial charge in [0.1, 0.15) is 0 Å². The van der Waals surface area contributed by atoms with E-state index in [4.69, 9.17) is 5.73 Å². The number of hydrogen-bond acceptors (Lipinski definition) is 4. The smallest absolute Gasteiger partial charge is 0.227 e. The average Bonchev–Trinajstić information content (AvgIpc) is 2.38. The first-order valence-corrected chi connectivity index (χ1v) is 6.37. The first-order valence-electron chi connectivity index (χ1n) is 6.37. The molecule has 2 aromatic rings. The van der Waals surface area contributed by atoms with Crippen LogP contribution in [0, 0.1) is 0 Å². The van der Waals surface area contributed by atoms with Crippen molar-refractivity contribution >= 4 is 11.6 Å². The van der Waals surface area contributed by atoms with Crippen molar-refractivity contribution in [2.45, 2.75) is 32.7 Å². The summed E-state index contributed by atoms with van der Waals surface area (Å²) in [5.41, 5.74) is 8.84. The van der Waals surface area contributed by atoms with Gasteiger partial charge >= 0.3 is 0 Å². The molecule has 1 heterocycles. The van der Waals surface area contributed by atoms with Crippen molar-refractivity contribution in [1.82, 2.24) is 9.97 Å². The van der Waals surface area contributed by atoms with Crippen molar-refractivity contribution in [3.63, 3.8) is 0 Å². The highest BCUT2D eigenvalue weighted by Gasteiger charge is 2.14. The SMILES string of the molecule is CC(C)(C)c1cnc(Nc2cccc(CN)c2)nc1. The zero-order valence-corrected chi connectivity index (χ0v) is 11.6. The second-order valence-electron chi connectivity index (χ2n) is 5.57. The monoisotopic (exact) mass is 256 g/mol. The summed E-state index contributed by atoms with van der Waals surface area (Å²) < 4.78 is 0. The van der Waals surface area contributed by atoms with Gasteiger partial charge in [0, 0.05) is 24.6 Å². The molecule has 1 aromatic heterocycles. The minimum absolute atomic E-state index is 0.0675. The van der Waals surface area contributed by atoms with Crippen molar-refractivity contribution in [3.05, 3.63) is 47.8 Å². The standard InChI is InChI=1S/C15H20N4/c1-15(2,3)12-9-17-14(18-10-12)19-13-6-4-5-11(7-13)8-16/h4-7,9-10H,8,16H2,1-3H3,(H,17,18,19). The van der Waals surface area contributed by atoms with Crippen LogP contribution in [-0.2, 0) is 12.0 Å². The molecule has 0 spiro atoms. The number of hydrogen-bond donors (Lipinski definition) is 2. The van der Waals surface area contributed by atoms with E-state index in [2.05, 4.69) is 36.1 Å². The van der Waals surface area contributed by atoms with Crippen molar-refractivity contribution < 1.29 is 0 Å². The number of benzene rings is 1. The van der Waals surface area contributed by atoms with Gasteiger partial charge in [-0.25, -0.2) is 9.97 Å². The van der Waals surface area contributed by atoms with Crippen molar-refractivity contribution in [2.75, 3.05) is 5.32 Å². The lowest BCUT2D eigenvalue weighted by atomic mass is 9.89. The fraction of sp³-hybridized carbons (Fsp3) is 0.333. The van der Waals surface area contributed by atoms with E-state index in [1.165, 1.54) is 0 Å². The van der Waals surface area contributed by atoms with Crippen LogP contribution in [0.15, 0.2) is 36.7 Å². The lowest BCUT2D eigenvalue weighted by molar-refractivity contribution is 0.584. The number of nitrogens with zero attached hydrogens (tertiary/aromatic N) is 2. The van der Waals surface area contributed by atoms with Gasteiger partial charge in [-0.1, -0.05) is 32.9 Å². The molecule has 4 nitrogen and oxygen atoms in total. The van der Waals surface area contributed by atoms with Crippen LogP contribution >= 0.6 is 0 Å². The van der Waals surface area contributed by atoms with Crippen LogP contribution in [0.3, 0.4) is 0 Å². The second-order valence-corrected chi connectivity index (χ2v) is 5.57. The molecular formula is C15H20N4. The van der Waals surface area contributed by atoms with Gasteiger partial charge in [-0.05, 0) is 28.7 Å². The third-order valence-electron chi connectivity index (χ3n) is 2.94. The Labute approximate surface area is 114 Å². The highest BCUT2D eigenvalue weighted by Crippen LogP contribution is 2.21. The first kappa shape index (κ1) is 13.5. The lowest BCUT2D eigenvalue weighted by Gasteiger charge is -2.17. The molecule has 0 saturated heterocycles. The van der Waals surface area contributed by atoms with Gasteiger partial charge in [-0.3, -0.25) is 0 Å². The third-order valence-corrected chi connectivity index (χ3v) is 2.94. The van der Waals surface area contributed by atoms with Crippen LogP contribution in [0.2, 0.25) is 0 Å². The van der Waals surface area contributed by atoms with Crippen LogP contribution < -0.4 is 11.1 Å². The van der Waals surface area contributed by atoms with Crippen molar-refractivity contribution in [3.8, 4) is 0 Å². The van der Waals surface area contributed by atoms with E-state index in [1.54, 1.807) is 0 Å². The summed E-state index contributed by atoms with van der Waals surface area (Å²) in [5.74, 6) is 0.599. The molecule has 100 valence electrons. The molecule has 0 aliphatic rings. The fourth-order valence-electron chi connectivity index (χ4n) is 1.69. The summed E-state index contributed by atoms with van der Waals surface area (Å²) in [7, 11) is 0. The Kier molecular flexibility index (Phi) is 3.81. The summed E-state index contributed by atoms with van der Waals surface area (Å²) >= 11 is 0. The number of nitrogens with two attached hydrogens (primary N) is 1. The molecule has 0 amide bonds. The van der Waals surface area contributed by atoms with Crippen molar-refractivity contribution in [2.24, 2.45) is 5.73 Å². The molecule has 0 aliphatic heterocycles. The normalized spacial score (nSPS) is 11.4. The molecule has 0 atom stereocenters. The summed E-state index contributed by atoms with van der Waals surface area (Å²) in [6.45, 7) is 6.95. The summed E-state index contributed by atoms with van der Waals surface area (Å²) in [5, 5.41) is 3.18. The highest BCUT2D eigenvalue weighted by molar-refractivity contribution is 5.54. The van der Waals surface area contributed by atoms with Gasteiger partial charge in [-0.2, -0.15) is 0 Å². The Morgan fingerprint density at radius 2 is 1.84 bits per heavy atom. The predicted octanol–water partition coefficient (Wildman–Crippen LogP) is 2.98. The summed E-state index contributed by atoms with van der Waals surface area (Å²) in [4.78, 5) is 8.68. The molecule has 2 rings (SSSR count). The van der Waals surface area contributed by atoms with E-state index in [0.29, 0.717) is 12.5 Å². The Hall–Kier alpha value is -1.94. The van der Waals surface area contributed by atoms with Crippen LogP contribution in [-0.4, -0.2) is 9.97 Å². The Morgan fingerprint density at radius 3 is 2.42 bits per heavy atom. The zero-order chi connectivity index (χ0) is 13.9. The van der Waals surface area contributed by atoms with Gasteiger partial charge in [-0.15, -0.1) is 0 Å². The number of rotatable bonds is 3. The average molecular weight is 256 g/mol. The Balaban J connectivity index is 2.15. The minimum Gasteiger partial charge on any atom is -0.326 e. The van der Waals surface area contributed by atoms with Gasteiger partial charge in [0.05, 0.1) is 0 Å². The Bertz CT molecular complexity index is 541. The molecule has 0 saturated carbocycles.